The van der Waals surface area contributed by atoms with Crippen molar-refractivity contribution in [1.82, 2.24) is 0 Å². The first-order valence-electron chi connectivity index (χ1n) is 6.66. The van der Waals surface area contributed by atoms with Crippen molar-refractivity contribution in [3.8, 4) is 0 Å². The van der Waals surface area contributed by atoms with Gasteiger partial charge in [-0.2, -0.15) is 0 Å². The lowest BCUT2D eigenvalue weighted by Crippen LogP contribution is -2.39. The number of hydrogen-bond acceptors (Lipinski definition) is 3. The molecule has 0 fully saturated rings. The van der Waals surface area contributed by atoms with E-state index >= 15 is 0 Å². The number of thioether (sulfide) groups is 1. The van der Waals surface area contributed by atoms with E-state index in [2.05, 4.69) is 0 Å². The van der Waals surface area contributed by atoms with E-state index in [1.54, 1.807) is 17.0 Å². The number of hydrogen-bond donors (Lipinski definition) is 1. The van der Waals surface area contributed by atoms with Crippen LogP contribution < -0.4 is 10.6 Å². The molecule has 0 bridgehead atoms. The number of rotatable bonds is 2. The van der Waals surface area contributed by atoms with Gasteiger partial charge in [0.1, 0.15) is 5.82 Å². The molecule has 5 heteroatoms. The summed E-state index contributed by atoms with van der Waals surface area (Å²) in [6.07, 6.45) is 0. The van der Waals surface area contributed by atoms with E-state index in [-0.39, 0.29) is 17.0 Å². The van der Waals surface area contributed by atoms with Crippen molar-refractivity contribution in [2.45, 2.75) is 23.6 Å². The Morgan fingerprint density at radius 2 is 2.10 bits per heavy atom. The molecule has 0 aromatic heterocycles. The molecule has 21 heavy (non-hydrogen) atoms. The van der Waals surface area contributed by atoms with E-state index < -0.39 is 0 Å². The molecule has 3 rings (SSSR count). The Hall–Kier alpha value is -2.01. The Balaban J connectivity index is 1.99. The third kappa shape index (κ3) is 2.74. The first-order valence-corrected chi connectivity index (χ1v) is 7.54. The minimum absolute atomic E-state index is 0.0292. The Morgan fingerprint density at radius 3 is 2.86 bits per heavy atom. The molecular formula is C16H15FN2OS. The minimum atomic E-state index is -0.295. The molecule has 3 nitrogen and oxygen atoms in total. The number of carbonyl (C=O) groups is 1. The van der Waals surface area contributed by atoms with Crippen LogP contribution in [-0.2, 0) is 11.3 Å². The van der Waals surface area contributed by atoms with Crippen molar-refractivity contribution >= 4 is 29.0 Å². The molecule has 0 saturated heterocycles. The first kappa shape index (κ1) is 13.9. The van der Waals surface area contributed by atoms with Crippen LogP contribution in [0.25, 0.3) is 0 Å². The van der Waals surface area contributed by atoms with Crippen molar-refractivity contribution in [2.75, 3.05) is 10.6 Å². The molecule has 1 heterocycles. The molecule has 0 saturated carbocycles. The summed E-state index contributed by atoms with van der Waals surface area (Å²) in [6, 6.07) is 11.8. The van der Waals surface area contributed by atoms with Gasteiger partial charge in [0.25, 0.3) is 0 Å². The van der Waals surface area contributed by atoms with Gasteiger partial charge >= 0.3 is 0 Å². The van der Waals surface area contributed by atoms with Gasteiger partial charge in [-0.05, 0) is 42.8 Å². The topological polar surface area (TPSA) is 46.3 Å². The summed E-state index contributed by atoms with van der Waals surface area (Å²) in [4.78, 5) is 15.1. The third-order valence-electron chi connectivity index (χ3n) is 3.42. The second-order valence-corrected chi connectivity index (χ2v) is 6.42. The fourth-order valence-corrected chi connectivity index (χ4v) is 3.52. The van der Waals surface area contributed by atoms with Gasteiger partial charge in [0.05, 0.1) is 17.5 Å². The number of nitrogens with zero attached hydrogens (tertiary/aromatic N) is 1. The van der Waals surface area contributed by atoms with Crippen LogP contribution in [0.4, 0.5) is 15.8 Å². The van der Waals surface area contributed by atoms with Gasteiger partial charge < -0.3 is 10.6 Å². The third-order valence-corrected chi connectivity index (χ3v) is 4.56. The highest BCUT2D eigenvalue weighted by molar-refractivity contribution is 8.01. The quantitative estimate of drug-likeness (QED) is 0.864. The number of carbonyl (C=O) groups excluding carboxylic acids is 1. The average molecular weight is 302 g/mol. The second kappa shape index (κ2) is 5.41. The van der Waals surface area contributed by atoms with Crippen LogP contribution in [0.1, 0.15) is 12.5 Å². The monoisotopic (exact) mass is 302 g/mol. The lowest BCUT2D eigenvalue weighted by molar-refractivity contribution is -0.118. The predicted molar refractivity (Wildman–Crippen MR) is 83.8 cm³/mol. The van der Waals surface area contributed by atoms with Crippen molar-refractivity contribution in [2.24, 2.45) is 0 Å². The van der Waals surface area contributed by atoms with E-state index in [1.165, 1.54) is 23.9 Å². The lowest BCUT2D eigenvalue weighted by Gasteiger charge is -2.32. The maximum atomic E-state index is 13.3. The summed E-state index contributed by atoms with van der Waals surface area (Å²) in [7, 11) is 0. The molecule has 0 aliphatic carbocycles. The molecule has 1 amide bonds. The number of nitrogens with two attached hydrogens (primary N) is 1. The van der Waals surface area contributed by atoms with Crippen molar-refractivity contribution in [1.29, 1.82) is 0 Å². The Labute approximate surface area is 126 Å². The zero-order valence-electron chi connectivity index (χ0n) is 11.5. The summed E-state index contributed by atoms with van der Waals surface area (Å²) >= 11 is 1.51. The van der Waals surface area contributed by atoms with Gasteiger partial charge in [0, 0.05) is 10.6 Å². The average Bonchev–Trinajstić information content (AvgIpc) is 2.44. The van der Waals surface area contributed by atoms with E-state index in [0.717, 1.165) is 16.1 Å². The van der Waals surface area contributed by atoms with Crippen LogP contribution in [0.2, 0.25) is 0 Å². The number of halogens is 1. The number of benzene rings is 2. The molecular weight excluding hydrogens is 287 g/mol. The number of fused-ring (bicyclic) bond motifs is 1. The largest absolute Gasteiger partial charge is 0.399 e. The second-order valence-electron chi connectivity index (χ2n) is 5.04. The Bertz CT molecular complexity index is 704. The molecule has 1 atom stereocenters. The normalized spacial score (nSPS) is 17.7. The van der Waals surface area contributed by atoms with Crippen molar-refractivity contribution in [3.63, 3.8) is 0 Å². The van der Waals surface area contributed by atoms with Gasteiger partial charge in [-0.1, -0.05) is 12.1 Å². The van der Waals surface area contributed by atoms with Crippen LogP contribution in [0.3, 0.4) is 0 Å². The molecule has 0 radical (unpaired) electrons. The van der Waals surface area contributed by atoms with Crippen LogP contribution in [0.15, 0.2) is 47.4 Å². The Morgan fingerprint density at radius 1 is 1.29 bits per heavy atom. The number of anilines is 2. The Kier molecular flexibility index (Phi) is 3.59. The standard InChI is InChI=1S/C16H15FN2OS/c1-10-16(20)19(9-11-3-2-4-12(17)7-11)14-6-5-13(18)8-15(14)21-10/h2-8,10H,9,18H2,1H3. The molecule has 1 aliphatic rings. The molecule has 1 unspecified atom stereocenters. The van der Waals surface area contributed by atoms with E-state index in [1.807, 2.05) is 25.1 Å². The minimum Gasteiger partial charge on any atom is -0.399 e. The maximum absolute atomic E-state index is 13.3. The van der Waals surface area contributed by atoms with Crippen LogP contribution in [0.5, 0.6) is 0 Å². The predicted octanol–water partition coefficient (Wildman–Crippen LogP) is 3.44. The number of amides is 1. The first-order chi connectivity index (χ1) is 10.0. The zero-order valence-corrected chi connectivity index (χ0v) is 12.4. The maximum Gasteiger partial charge on any atom is 0.240 e. The van der Waals surface area contributed by atoms with Gasteiger partial charge in [-0.25, -0.2) is 4.39 Å². The van der Waals surface area contributed by atoms with Gasteiger partial charge in [-0.3, -0.25) is 4.79 Å². The van der Waals surface area contributed by atoms with Gasteiger partial charge in [-0.15, -0.1) is 11.8 Å². The molecule has 1 aliphatic heterocycles. The summed E-state index contributed by atoms with van der Waals surface area (Å²) in [5.74, 6) is -0.265. The van der Waals surface area contributed by atoms with Crippen molar-refractivity contribution in [3.05, 3.63) is 53.8 Å². The fraction of sp³-hybridized carbons (Fsp3) is 0.188. The van der Waals surface area contributed by atoms with Gasteiger partial charge in [0.2, 0.25) is 5.91 Å². The van der Waals surface area contributed by atoms with Crippen molar-refractivity contribution < 1.29 is 9.18 Å². The molecule has 2 aromatic rings. The molecule has 2 N–H and O–H groups in total. The molecule has 108 valence electrons. The lowest BCUT2D eigenvalue weighted by atomic mass is 10.1. The van der Waals surface area contributed by atoms with Crippen LogP contribution in [0, 0.1) is 5.82 Å². The molecule has 0 spiro atoms. The summed E-state index contributed by atoms with van der Waals surface area (Å²) in [6.45, 7) is 2.23. The summed E-state index contributed by atoms with van der Waals surface area (Å²) < 4.78 is 13.3. The number of nitrogen functional groups attached to an aromatic ring is 1. The highest BCUT2D eigenvalue weighted by Crippen LogP contribution is 2.40. The smallest absolute Gasteiger partial charge is 0.240 e. The van der Waals surface area contributed by atoms with E-state index in [9.17, 15) is 9.18 Å². The van der Waals surface area contributed by atoms with Gasteiger partial charge in [0.15, 0.2) is 0 Å². The highest BCUT2D eigenvalue weighted by Gasteiger charge is 2.30. The fourth-order valence-electron chi connectivity index (χ4n) is 2.41. The summed E-state index contributed by atoms with van der Waals surface area (Å²) in [5.41, 5.74) is 8.09. The zero-order chi connectivity index (χ0) is 15.0. The van der Waals surface area contributed by atoms with E-state index in [4.69, 9.17) is 5.73 Å². The summed E-state index contributed by atoms with van der Waals surface area (Å²) in [5, 5.41) is -0.173. The highest BCUT2D eigenvalue weighted by atomic mass is 32.2. The molecule has 2 aromatic carbocycles. The van der Waals surface area contributed by atoms with Crippen LogP contribution in [-0.4, -0.2) is 11.2 Å². The van der Waals surface area contributed by atoms with E-state index in [0.29, 0.717) is 12.2 Å². The van der Waals surface area contributed by atoms with Crippen LogP contribution >= 0.6 is 11.8 Å². The SMILES string of the molecule is CC1Sc2cc(N)ccc2N(Cc2cccc(F)c2)C1=O.